The molecule has 2 aromatic rings. The number of nitrogens with zero attached hydrogens (tertiary/aromatic N) is 1. The van der Waals surface area contributed by atoms with Gasteiger partial charge in [-0.3, -0.25) is 9.78 Å². The maximum atomic E-state index is 11.3. The third-order valence-corrected chi connectivity index (χ3v) is 2.49. The molecule has 5 nitrogen and oxygen atoms in total. The number of hydrogen-bond acceptors (Lipinski definition) is 4. The van der Waals surface area contributed by atoms with Crippen LogP contribution >= 0.6 is 0 Å². The Bertz CT molecular complexity index is 553. The first kappa shape index (κ1) is 11.3. The smallest absolute Gasteiger partial charge is 0.252 e. The predicted octanol–water partition coefficient (Wildman–Crippen LogP) is 0.704. The molecule has 1 aromatic carbocycles. The van der Waals surface area contributed by atoms with Crippen LogP contribution < -0.4 is 16.8 Å². The summed E-state index contributed by atoms with van der Waals surface area (Å²) in [5.41, 5.74) is 12.7. The summed E-state index contributed by atoms with van der Waals surface area (Å²) in [5, 5.41) is 3.99. The number of para-hydroxylation sites is 1. The molecule has 0 saturated carbocycles. The number of fused-ring (bicyclic) bond motifs is 1. The van der Waals surface area contributed by atoms with Crippen LogP contribution in [-0.4, -0.2) is 24.0 Å². The van der Waals surface area contributed by atoms with Gasteiger partial charge in [-0.1, -0.05) is 18.2 Å². The Hall–Kier alpha value is -2.14. The highest BCUT2D eigenvalue weighted by atomic mass is 16.1. The lowest BCUT2D eigenvalue weighted by Crippen LogP contribution is -2.18. The van der Waals surface area contributed by atoms with Crippen LogP contribution in [0.15, 0.2) is 30.5 Å². The first-order valence-corrected chi connectivity index (χ1v) is 5.35. The minimum absolute atomic E-state index is 0.386. The van der Waals surface area contributed by atoms with Crippen LogP contribution in [0.3, 0.4) is 0 Å². The first-order chi connectivity index (χ1) is 8.24. The van der Waals surface area contributed by atoms with Gasteiger partial charge in [0, 0.05) is 24.7 Å². The molecule has 5 N–H and O–H groups in total. The van der Waals surface area contributed by atoms with E-state index in [1.165, 1.54) is 6.20 Å². The summed E-state index contributed by atoms with van der Waals surface area (Å²) in [6.07, 6.45) is 1.49. The summed E-state index contributed by atoms with van der Waals surface area (Å²) in [5.74, 6) is -0.497. The summed E-state index contributed by atoms with van der Waals surface area (Å²) in [7, 11) is 0. The highest BCUT2D eigenvalue weighted by Crippen LogP contribution is 2.25. The Balaban J connectivity index is 2.61. The van der Waals surface area contributed by atoms with Crippen molar-refractivity contribution < 1.29 is 4.79 Å². The number of nitrogens with two attached hydrogens (primary N) is 2. The molecule has 0 bridgehead atoms. The van der Waals surface area contributed by atoms with Gasteiger partial charge in [-0.25, -0.2) is 0 Å². The maximum absolute atomic E-state index is 11.3. The monoisotopic (exact) mass is 230 g/mol. The van der Waals surface area contributed by atoms with E-state index >= 15 is 0 Å². The molecule has 1 aromatic heterocycles. The molecule has 0 unspecified atom stereocenters. The zero-order valence-electron chi connectivity index (χ0n) is 9.31. The number of rotatable bonds is 4. The minimum atomic E-state index is -0.497. The third-order valence-electron chi connectivity index (χ3n) is 2.49. The molecule has 0 atom stereocenters. The van der Waals surface area contributed by atoms with Crippen LogP contribution in [0.25, 0.3) is 10.9 Å². The molecule has 0 radical (unpaired) electrons. The highest BCUT2D eigenvalue weighted by Gasteiger charge is 2.11. The Morgan fingerprint density at radius 3 is 2.82 bits per heavy atom. The number of benzene rings is 1. The Labute approximate surface area is 98.8 Å². The number of hydrogen-bond donors (Lipinski definition) is 3. The van der Waals surface area contributed by atoms with E-state index in [9.17, 15) is 4.79 Å². The maximum Gasteiger partial charge on any atom is 0.252 e. The molecule has 0 aliphatic carbocycles. The van der Waals surface area contributed by atoms with Gasteiger partial charge in [0.1, 0.15) is 0 Å². The van der Waals surface area contributed by atoms with Crippen LogP contribution in [0.1, 0.15) is 10.4 Å². The van der Waals surface area contributed by atoms with Gasteiger partial charge in [-0.15, -0.1) is 0 Å². The van der Waals surface area contributed by atoms with E-state index in [1.807, 2.05) is 24.3 Å². The average Bonchev–Trinajstić information content (AvgIpc) is 2.35. The standard InChI is InChI=1S/C12H14N4O/c13-5-6-15-11-8-3-1-2-4-10(8)16-7-9(11)12(14)17/h1-4,7H,5-6,13H2,(H2,14,17)(H,15,16). The SMILES string of the molecule is NCCNc1c(C(N)=O)cnc2ccccc12. The van der Waals surface area contributed by atoms with Crippen LogP contribution in [0.5, 0.6) is 0 Å². The van der Waals surface area contributed by atoms with Crippen LogP contribution in [0.2, 0.25) is 0 Å². The van der Waals surface area contributed by atoms with Crippen LogP contribution in [0, 0.1) is 0 Å². The number of pyridine rings is 1. The van der Waals surface area contributed by atoms with E-state index in [-0.39, 0.29) is 0 Å². The van der Waals surface area contributed by atoms with E-state index in [1.54, 1.807) is 0 Å². The zero-order valence-corrected chi connectivity index (χ0v) is 9.31. The van der Waals surface area contributed by atoms with E-state index in [2.05, 4.69) is 10.3 Å². The van der Waals surface area contributed by atoms with Gasteiger partial charge in [-0.2, -0.15) is 0 Å². The van der Waals surface area contributed by atoms with Gasteiger partial charge in [0.2, 0.25) is 0 Å². The Morgan fingerprint density at radius 2 is 2.12 bits per heavy atom. The van der Waals surface area contributed by atoms with Crippen molar-refractivity contribution in [1.29, 1.82) is 0 Å². The fraction of sp³-hybridized carbons (Fsp3) is 0.167. The van der Waals surface area contributed by atoms with Crippen molar-refractivity contribution in [2.24, 2.45) is 11.5 Å². The average molecular weight is 230 g/mol. The van der Waals surface area contributed by atoms with Crippen molar-refractivity contribution in [2.45, 2.75) is 0 Å². The van der Waals surface area contributed by atoms with Gasteiger partial charge in [0.15, 0.2) is 0 Å². The van der Waals surface area contributed by atoms with E-state index in [0.29, 0.717) is 24.3 Å². The molecule has 1 heterocycles. The highest BCUT2D eigenvalue weighted by molar-refractivity contribution is 6.06. The number of carbonyl (C=O) groups is 1. The van der Waals surface area contributed by atoms with E-state index in [0.717, 1.165) is 10.9 Å². The fourth-order valence-corrected chi connectivity index (χ4v) is 1.72. The molecule has 1 amide bonds. The molecular weight excluding hydrogens is 216 g/mol. The number of nitrogens with one attached hydrogen (secondary N) is 1. The predicted molar refractivity (Wildman–Crippen MR) is 67.8 cm³/mol. The molecule has 2 rings (SSSR count). The van der Waals surface area contributed by atoms with Gasteiger partial charge < -0.3 is 16.8 Å². The van der Waals surface area contributed by atoms with Crippen molar-refractivity contribution in [3.8, 4) is 0 Å². The molecule has 17 heavy (non-hydrogen) atoms. The van der Waals surface area contributed by atoms with Crippen LogP contribution in [-0.2, 0) is 0 Å². The van der Waals surface area contributed by atoms with Gasteiger partial charge in [0.25, 0.3) is 5.91 Å². The Kier molecular flexibility index (Phi) is 3.20. The largest absolute Gasteiger partial charge is 0.383 e. The van der Waals surface area contributed by atoms with Gasteiger partial charge in [0.05, 0.1) is 16.8 Å². The zero-order chi connectivity index (χ0) is 12.3. The lowest BCUT2D eigenvalue weighted by Gasteiger charge is -2.11. The molecule has 0 saturated heterocycles. The molecule has 0 fully saturated rings. The van der Waals surface area contributed by atoms with Crippen molar-refractivity contribution >= 4 is 22.5 Å². The first-order valence-electron chi connectivity index (χ1n) is 5.35. The Morgan fingerprint density at radius 1 is 1.35 bits per heavy atom. The van der Waals surface area contributed by atoms with Crippen molar-refractivity contribution in [2.75, 3.05) is 18.4 Å². The summed E-state index contributed by atoms with van der Waals surface area (Å²) in [6.45, 7) is 1.06. The lowest BCUT2D eigenvalue weighted by atomic mass is 10.1. The molecule has 0 spiro atoms. The molecule has 0 aliphatic rings. The second-order valence-electron chi connectivity index (χ2n) is 3.64. The number of amides is 1. The van der Waals surface area contributed by atoms with Crippen molar-refractivity contribution in [1.82, 2.24) is 4.98 Å². The fourth-order valence-electron chi connectivity index (χ4n) is 1.72. The molecule has 0 aliphatic heterocycles. The van der Waals surface area contributed by atoms with E-state index < -0.39 is 5.91 Å². The number of aromatic nitrogens is 1. The quantitative estimate of drug-likeness (QED) is 0.720. The van der Waals surface area contributed by atoms with Crippen molar-refractivity contribution in [3.63, 3.8) is 0 Å². The summed E-state index contributed by atoms with van der Waals surface area (Å²) < 4.78 is 0. The van der Waals surface area contributed by atoms with Gasteiger partial charge >= 0.3 is 0 Å². The molecule has 5 heteroatoms. The molecular formula is C12H14N4O. The summed E-state index contributed by atoms with van der Waals surface area (Å²) in [4.78, 5) is 15.5. The van der Waals surface area contributed by atoms with Gasteiger partial charge in [-0.05, 0) is 6.07 Å². The molecule has 88 valence electrons. The number of primary amides is 1. The second kappa shape index (κ2) is 4.80. The summed E-state index contributed by atoms with van der Waals surface area (Å²) >= 11 is 0. The number of anilines is 1. The second-order valence-corrected chi connectivity index (χ2v) is 3.64. The third kappa shape index (κ3) is 2.19. The number of carbonyl (C=O) groups excluding carboxylic acids is 1. The minimum Gasteiger partial charge on any atom is -0.383 e. The van der Waals surface area contributed by atoms with E-state index in [4.69, 9.17) is 11.5 Å². The lowest BCUT2D eigenvalue weighted by molar-refractivity contribution is 0.100. The van der Waals surface area contributed by atoms with Crippen LogP contribution in [0.4, 0.5) is 5.69 Å². The van der Waals surface area contributed by atoms with Crippen molar-refractivity contribution in [3.05, 3.63) is 36.0 Å². The summed E-state index contributed by atoms with van der Waals surface area (Å²) in [6, 6.07) is 7.57. The normalized spacial score (nSPS) is 10.4. The topological polar surface area (TPSA) is 94.0 Å².